The molecule has 59 heavy (non-hydrogen) atoms. The van der Waals surface area contributed by atoms with E-state index in [1.807, 2.05) is 60.7 Å². The topological polar surface area (TPSA) is 160 Å². The maximum absolute atomic E-state index is 11.7. The highest BCUT2D eigenvalue weighted by Crippen LogP contribution is 2.41. The predicted octanol–water partition coefficient (Wildman–Crippen LogP) is 7.65. The van der Waals surface area contributed by atoms with Gasteiger partial charge in [0.05, 0.1) is 27.2 Å². The highest BCUT2D eigenvalue weighted by atomic mass is 79.9. The van der Waals surface area contributed by atoms with Crippen LogP contribution < -0.4 is 35.5 Å². The molecular weight excluding hydrogens is 857 g/mol. The Kier molecular flexibility index (Phi) is 14.0. The predicted molar refractivity (Wildman–Crippen MR) is 229 cm³/mol. The van der Waals surface area contributed by atoms with Crippen LogP contribution in [-0.4, -0.2) is 54.1 Å². The Morgan fingerprint density at radius 3 is 2.14 bits per heavy atom. The normalized spacial score (nSPS) is 16.1. The third kappa shape index (κ3) is 10.5. The summed E-state index contributed by atoms with van der Waals surface area (Å²) >= 11 is 17.9. The van der Waals surface area contributed by atoms with Gasteiger partial charge in [-0.05, 0) is 52.5 Å². The molecule has 2 aromatic heterocycles. The summed E-state index contributed by atoms with van der Waals surface area (Å²) in [5.41, 5.74) is 6.86. The highest BCUT2D eigenvalue weighted by molar-refractivity contribution is 9.10. The molecule has 2 unspecified atom stereocenters. The van der Waals surface area contributed by atoms with Gasteiger partial charge in [0.2, 0.25) is 23.6 Å². The van der Waals surface area contributed by atoms with Crippen molar-refractivity contribution in [2.75, 3.05) is 20.2 Å². The van der Waals surface area contributed by atoms with Crippen molar-refractivity contribution in [2.45, 2.75) is 64.1 Å². The lowest BCUT2D eigenvalue weighted by Crippen LogP contribution is -2.35. The molecule has 2 saturated heterocycles. The Balaban J connectivity index is 1.07. The third-order valence-corrected chi connectivity index (χ3v) is 11.6. The first-order valence-corrected chi connectivity index (χ1v) is 20.8. The van der Waals surface area contributed by atoms with Gasteiger partial charge in [-0.2, -0.15) is 10.2 Å². The Hall–Kier alpha value is -5.23. The summed E-state index contributed by atoms with van der Waals surface area (Å²) in [7, 11) is 1.65. The molecule has 0 radical (unpaired) electrons. The second-order valence-corrected chi connectivity index (χ2v) is 16.0. The van der Waals surface area contributed by atoms with Crippen molar-refractivity contribution >= 4 is 50.9 Å². The number of carbonyl (C=O) groups excluding carboxylic acids is 2. The maximum Gasteiger partial charge on any atom is 0.231 e. The number of rotatable bonds is 17. The van der Waals surface area contributed by atoms with Crippen molar-refractivity contribution in [1.29, 1.82) is 5.26 Å². The zero-order valence-corrected chi connectivity index (χ0v) is 35.3. The van der Waals surface area contributed by atoms with Crippen LogP contribution in [0.1, 0.15) is 53.5 Å². The molecule has 7 rings (SSSR count). The summed E-state index contributed by atoms with van der Waals surface area (Å²) in [4.78, 5) is 32.2. The molecule has 2 aliphatic rings. The van der Waals surface area contributed by atoms with E-state index < -0.39 is 0 Å². The van der Waals surface area contributed by atoms with Crippen LogP contribution in [0.25, 0.3) is 22.3 Å². The number of methoxy groups -OCH3 is 1. The molecule has 0 aliphatic carbocycles. The van der Waals surface area contributed by atoms with E-state index in [0.29, 0.717) is 76.4 Å². The van der Waals surface area contributed by atoms with Crippen molar-refractivity contribution in [1.82, 2.24) is 31.2 Å². The molecule has 2 amide bonds. The smallest absolute Gasteiger partial charge is 0.231 e. The average molecular weight is 900 g/mol. The van der Waals surface area contributed by atoms with Gasteiger partial charge in [-0.15, -0.1) is 0 Å². The number of nitrogens with one attached hydrogen (secondary N) is 4. The van der Waals surface area contributed by atoms with Crippen LogP contribution in [0.3, 0.4) is 0 Å². The van der Waals surface area contributed by atoms with E-state index in [2.05, 4.69) is 48.3 Å². The number of benzene rings is 3. The molecule has 5 aromatic rings. The second-order valence-electron chi connectivity index (χ2n) is 14.4. The summed E-state index contributed by atoms with van der Waals surface area (Å²) in [5, 5.41) is 23.2. The van der Waals surface area contributed by atoms with Crippen LogP contribution in [-0.2, 0) is 35.9 Å². The van der Waals surface area contributed by atoms with E-state index in [1.165, 1.54) is 6.20 Å². The number of hydrogen-bond acceptors (Lipinski definition) is 10. The molecule has 2 fully saturated rings. The number of hydrogen-bond donors (Lipinski definition) is 4. The zero-order chi connectivity index (χ0) is 41.3. The SMILES string of the molecule is COc1cc(-c2cccc(-c3cccc(COc4nc(OCc5cncc(C#N)c5)c(CNCC5CCC(=O)N5)cc4Br)c3Cl)c2Cl)ccc1CNCC1CCC(=O)N1. The van der Waals surface area contributed by atoms with E-state index >= 15 is 0 Å². The number of ether oxygens (including phenoxy) is 3. The van der Waals surface area contributed by atoms with Crippen molar-refractivity contribution in [3.05, 3.63) is 121 Å². The fraction of sp³-hybridized carbons (Fsp3) is 0.295. The fourth-order valence-corrected chi connectivity index (χ4v) is 8.21. The van der Waals surface area contributed by atoms with Crippen LogP contribution in [0.15, 0.2) is 83.6 Å². The molecule has 4 heterocycles. The zero-order valence-electron chi connectivity index (χ0n) is 32.2. The van der Waals surface area contributed by atoms with Crippen LogP contribution >= 0.6 is 39.1 Å². The van der Waals surface area contributed by atoms with Gasteiger partial charge in [-0.3, -0.25) is 14.6 Å². The number of nitriles is 1. The molecule has 4 N–H and O–H groups in total. The van der Waals surface area contributed by atoms with E-state index in [1.54, 1.807) is 19.4 Å². The molecule has 0 bridgehead atoms. The third-order valence-electron chi connectivity index (χ3n) is 10.2. The van der Waals surface area contributed by atoms with Crippen LogP contribution in [0, 0.1) is 11.3 Å². The van der Waals surface area contributed by atoms with Gasteiger partial charge in [0.25, 0.3) is 0 Å². The van der Waals surface area contributed by atoms with E-state index in [-0.39, 0.29) is 37.1 Å². The van der Waals surface area contributed by atoms with Crippen LogP contribution in [0.5, 0.6) is 17.5 Å². The van der Waals surface area contributed by atoms with Gasteiger partial charge in [0.15, 0.2) is 0 Å². The van der Waals surface area contributed by atoms with Crippen molar-refractivity contribution in [3.8, 4) is 45.8 Å². The minimum Gasteiger partial charge on any atom is -0.496 e. The number of nitrogens with zero attached hydrogens (tertiary/aromatic N) is 3. The number of amides is 2. The molecule has 304 valence electrons. The van der Waals surface area contributed by atoms with Gasteiger partial charge in [-0.25, -0.2) is 0 Å². The summed E-state index contributed by atoms with van der Waals surface area (Å²) in [5.74, 6) is 1.53. The molecule has 15 heteroatoms. The molecule has 0 saturated carbocycles. The van der Waals surface area contributed by atoms with Gasteiger partial charge >= 0.3 is 0 Å². The lowest BCUT2D eigenvalue weighted by Gasteiger charge is -2.17. The number of aromatic nitrogens is 2. The van der Waals surface area contributed by atoms with Crippen LogP contribution in [0.4, 0.5) is 0 Å². The monoisotopic (exact) mass is 897 g/mol. The summed E-state index contributed by atoms with van der Waals surface area (Å²) < 4.78 is 18.9. The van der Waals surface area contributed by atoms with Crippen LogP contribution in [0.2, 0.25) is 10.0 Å². The molecule has 12 nitrogen and oxygen atoms in total. The number of carbonyl (C=O) groups is 2. The summed E-state index contributed by atoms with van der Waals surface area (Å²) in [6.07, 6.45) is 5.84. The first kappa shape index (κ1) is 41.9. The second kappa shape index (κ2) is 19.7. The Labute approximate surface area is 361 Å². The van der Waals surface area contributed by atoms with Gasteiger partial charge in [0, 0.05) is 102 Å². The summed E-state index contributed by atoms with van der Waals surface area (Å²) in [6, 6.07) is 23.5. The number of pyridine rings is 2. The van der Waals surface area contributed by atoms with E-state index in [9.17, 15) is 14.9 Å². The number of halogens is 3. The molecule has 2 atom stereocenters. The maximum atomic E-state index is 11.7. The average Bonchev–Trinajstić information content (AvgIpc) is 3.87. The molecule has 3 aromatic carbocycles. The van der Waals surface area contributed by atoms with Gasteiger partial charge < -0.3 is 35.5 Å². The van der Waals surface area contributed by atoms with Crippen molar-refractivity contribution in [2.24, 2.45) is 0 Å². The minimum atomic E-state index is 0.0585. The standard InChI is InChI=1S/C44H42BrCl2N7O5/c1-57-38-16-28(8-9-29(38)20-50-22-32-10-12-39(55)52-32)34-5-3-7-36(42(34)47)35-6-2-4-30(41(35)46)25-59-44-37(45)15-31(21-51-23-33-11-13-40(56)53-33)43(54-44)58-24-27-14-26(17-48)18-49-19-27/h2-9,14-16,18-19,32-33,50-51H,10-13,20-25H2,1H3,(H,52,55)(H,53,56). The highest BCUT2D eigenvalue weighted by Gasteiger charge is 2.23. The first-order valence-electron chi connectivity index (χ1n) is 19.2. The molecular formula is C44H42BrCl2N7O5. The first-order chi connectivity index (χ1) is 28.7. The largest absolute Gasteiger partial charge is 0.496 e. The Morgan fingerprint density at radius 1 is 0.797 bits per heavy atom. The van der Waals surface area contributed by atoms with Crippen molar-refractivity contribution in [3.63, 3.8) is 0 Å². The van der Waals surface area contributed by atoms with Gasteiger partial charge in [0.1, 0.15) is 25.0 Å². The lowest BCUT2D eigenvalue weighted by atomic mass is 9.96. The lowest BCUT2D eigenvalue weighted by molar-refractivity contribution is -0.120. The Morgan fingerprint density at radius 2 is 1.46 bits per heavy atom. The molecule has 2 aliphatic heterocycles. The molecule has 0 spiro atoms. The minimum absolute atomic E-state index is 0.0585. The quantitative estimate of drug-likeness (QED) is 0.0731. The van der Waals surface area contributed by atoms with E-state index in [0.717, 1.165) is 57.5 Å². The Bertz CT molecular complexity index is 2390. The fourth-order valence-electron chi connectivity index (χ4n) is 7.12. The van der Waals surface area contributed by atoms with Crippen molar-refractivity contribution < 1.29 is 23.8 Å². The van der Waals surface area contributed by atoms with E-state index in [4.69, 9.17) is 42.4 Å². The van der Waals surface area contributed by atoms with Gasteiger partial charge in [-0.1, -0.05) is 71.7 Å². The summed E-state index contributed by atoms with van der Waals surface area (Å²) in [6.45, 7) is 2.53.